The highest BCUT2D eigenvalue weighted by molar-refractivity contribution is 5.94. The lowest BCUT2D eigenvalue weighted by Crippen LogP contribution is -2.36. The number of hydrogen-bond donors (Lipinski definition) is 3. The Balaban J connectivity index is 1.95. The van der Waals surface area contributed by atoms with E-state index in [0.29, 0.717) is 17.9 Å². The van der Waals surface area contributed by atoms with Crippen molar-refractivity contribution in [2.45, 2.75) is 31.8 Å². The molecule has 1 saturated carbocycles. The highest BCUT2D eigenvalue weighted by Crippen LogP contribution is 2.27. The zero-order chi connectivity index (χ0) is 14.0. The zero-order valence-corrected chi connectivity index (χ0v) is 11.3. The number of aromatic carboxylic acids is 1. The second kappa shape index (κ2) is 5.44. The normalized spacial score (nSPS) is 16.4. The van der Waals surface area contributed by atoms with Crippen molar-refractivity contribution in [1.82, 2.24) is 9.88 Å². The van der Waals surface area contributed by atoms with Gasteiger partial charge in [-0.1, -0.05) is 0 Å². The van der Waals surface area contributed by atoms with E-state index in [4.69, 9.17) is 10.8 Å². The lowest BCUT2D eigenvalue weighted by molar-refractivity contribution is 0.0698. The fourth-order valence-electron chi connectivity index (χ4n) is 1.99. The van der Waals surface area contributed by atoms with Crippen molar-refractivity contribution in [1.29, 1.82) is 0 Å². The fraction of sp³-hybridized carbons (Fsp3) is 0.538. The highest BCUT2D eigenvalue weighted by atomic mass is 16.4. The molecule has 0 radical (unpaired) electrons. The topological polar surface area (TPSA) is 91.5 Å². The summed E-state index contributed by atoms with van der Waals surface area (Å²) in [4.78, 5) is 17.4. The molecule has 0 saturated heterocycles. The Morgan fingerprint density at radius 2 is 2.37 bits per heavy atom. The predicted molar refractivity (Wildman–Crippen MR) is 74.3 cm³/mol. The van der Waals surface area contributed by atoms with Crippen molar-refractivity contribution in [3.8, 4) is 0 Å². The van der Waals surface area contributed by atoms with Crippen molar-refractivity contribution in [3.63, 3.8) is 0 Å². The van der Waals surface area contributed by atoms with E-state index in [2.05, 4.69) is 29.2 Å². The van der Waals surface area contributed by atoms with E-state index in [1.807, 2.05) is 0 Å². The lowest BCUT2D eigenvalue weighted by atomic mass is 10.2. The van der Waals surface area contributed by atoms with Crippen molar-refractivity contribution in [3.05, 3.63) is 17.8 Å². The van der Waals surface area contributed by atoms with Gasteiger partial charge in [0.05, 0.1) is 17.4 Å². The van der Waals surface area contributed by atoms with Crippen molar-refractivity contribution >= 4 is 17.5 Å². The van der Waals surface area contributed by atoms with E-state index in [1.165, 1.54) is 25.1 Å². The van der Waals surface area contributed by atoms with Gasteiger partial charge in [-0.2, -0.15) is 0 Å². The molecule has 2 rings (SSSR count). The Morgan fingerprint density at radius 1 is 1.68 bits per heavy atom. The monoisotopic (exact) mass is 264 g/mol. The molecule has 1 fully saturated rings. The van der Waals surface area contributed by atoms with Crippen molar-refractivity contribution < 1.29 is 9.90 Å². The molecule has 0 amide bonds. The average Bonchev–Trinajstić information content (AvgIpc) is 3.20. The molecule has 1 aliphatic rings. The van der Waals surface area contributed by atoms with E-state index in [1.54, 1.807) is 0 Å². The van der Waals surface area contributed by atoms with Crippen LogP contribution in [0.2, 0.25) is 0 Å². The van der Waals surface area contributed by atoms with Crippen LogP contribution in [-0.2, 0) is 0 Å². The molecule has 104 valence electrons. The van der Waals surface area contributed by atoms with E-state index in [9.17, 15) is 4.79 Å². The van der Waals surface area contributed by atoms with Gasteiger partial charge in [-0.3, -0.25) is 4.90 Å². The number of carbonyl (C=O) groups is 1. The highest BCUT2D eigenvalue weighted by Gasteiger charge is 2.28. The minimum atomic E-state index is -1.04. The number of nitrogens with two attached hydrogens (primary N) is 1. The van der Waals surface area contributed by atoms with Gasteiger partial charge < -0.3 is 16.2 Å². The molecular formula is C13H20N4O2. The Hall–Kier alpha value is -1.82. The number of nitrogens with one attached hydrogen (secondary N) is 1. The molecular weight excluding hydrogens is 244 g/mol. The number of hydrogen-bond acceptors (Lipinski definition) is 5. The summed E-state index contributed by atoms with van der Waals surface area (Å²) in [6.07, 6.45) is 3.91. The average molecular weight is 264 g/mol. The third-order valence-electron chi connectivity index (χ3n) is 3.56. The van der Waals surface area contributed by atoms with Crippen LogP contribution in [0.25, 0.3) is 0 Å². The van der Waals surface area contributed by atoms with Crippen LogP contribution in [0.3, 0.4) is 0 Å². The van der Waals surface area contributed by atoms with Crippen LogP contribution in [0.4, 0.5) is 11.5 Å². The van der Waals surface area contributed by atoms with Gasteiger partial charge in [-0.25, -0.2) is 9.78 Å². The summed E-state index contributed by atoms with van der Waals surface area (Å²) in [5.74, 6) is -0.492. The van der Waals surface area contributed by atoms with Gasteiger partial charge in [0.2, 0.25) is 0 Å². The number of carboxylic acid groups (broad SMARTS) is 1. The summed E-state index contributed by atoms with van der Waals surface area (Å²) < 4.78 is 0. The molecule has 0 bridgehead atoms. The van der Waals surface area contributed by atoms with E-state index in [0.717, 1.165) is 6.54 Å². The Morgan fingerprint density at radius 3 is 2.95 bits per heavy atom. The third-order valence-corrected chi connectivity index (χ3v) is 3.56. The zero-order valence-electron chi connectivity index (χ0n) is 11.3. The number of aromatic nitrogens is 1. The molecule has 1 aliphatic carbocycles. The SMILES string of the molecule is CC(CNc1cc(C(=O)O)c(N)cn1)N(C)C1CC1. The molecule has 1 atom stereocenters. The van der Waals surface area contributed by atoms with Crippen molar-refractivity contribution in [2.75, 3.05) is 24.6 Å². The Labute approximate surface area is 112 Å². The van der Waals surface area contributed by atoms with Crippen LogP contribution in [0.1, 0.15) is 30.1 Å². The molecule has 1 unspecified atom stereocenters. The van der Waals surface area contributed by atoms with Gasteiger partial charge in [-0.15, -0.1) is 0 Å². The molecule has 1 heterocycles. The summed E-state index contributed by atoms with van der Waals surface area (Å²) in [6.45, 7) is 2.86. The van der Waals surface area contributed by atoms with Crippen LogP contribution in [0.15, 0.2) is 12.3 Å². The van der Waals surface area contributed by atoms with Gasteiger partial charge >= 0.3 is 5.97 Å². The van der Waals surface area contributed by atoms with Crippen LogP contribution < -0.4 is 11.1 Å². The largest absolute Gasteiger partial charge is 0.478 e. The quantitative estimate of drug-likeness (QED) is 0.716. The minimum absolute atomic E-state index is 0.0840. The number of nitrogen functional groups attached to an aromatic ring is 1. The summed E-state index contributed by atoms with van der Waals surface area (Å²) in [7, 11) is 2.11. The van der Waals surface area contributed by atoms with E-state index < -0.39 is 5.97 Å². The first-order valence-electron chi connectivity index (χ1n) is 6.43. The molecule has 4 N–H and O–H groups in total. The second-order valence-corrected chi connectivity index (χ2v) is 5.09. The van der Waals surface area contributed by atoms with E-state index >= 15 is 0 Å². The van der Waals surface area contributed by atoms with Gasteiger partial charge in [0.1, 0.15) is 5.82 Å². The van der Waals surface area contributed by atoms with Crippen molar-refractivity contribution in [2.24, 2.45) is 0 Å². The maximum absolute atomic E-state index is 11.0. The van der Waals surface area contributed by atoms with Gasteiger partial charge in [0.15, 0.2) is 0 Å². The van der Waals surface area contributed by atoms with Gasteiger partial charge in [0, 0.05) is 18.6 Å². The molecule has 0 spiro atoms. The van der Waals surface area contributed by atoms with Crippen LogP contribution in [0.5, 0.6) is 0 Å². The lowest BCUT2D eigenvalue weighted by Gasteiger charge is -2.24. The summed E-state index contributed by atoms with van der Waals surface area (Å²) >= 11 is 0. The first kappa shape index (κ1) is 13.6. The summed E-state index contributed by atoms with van der Waals surface area (Å²) in [6, 6.07) is 2.55. The van der Waals surface area contributed by atoms with Gasteiger partial charge in [0.25, 0.3) is 0 Å². The molecule has 0 aliphatic heterocycles. The molecule has 19 heavy (non-hydrogen) atoms. The molecule has 6 nitrogen and oxygen atoms in total. The number of rotatable bonds is 6. The molecule has 1 aromatic heterocycles. The van der Waals surface area contributed by atoms with Gasteiger partial charge in [-0.05, 0) is 32.9 Å². The first-order chi connectivity index (χ1) is 8.99. The fourth-order valence-corrected chi connectivity index (χ4v) is 1.99. The number of nitrogens with zero attached hydrogens (tertiary/aromatic N) is 2. The Bertz CT molecular complexity index is 474. The second-order valence-electron chi connectivity index (χ2n) is 5.09. The maximum Gasteiger partial charge on any atom is 0.337 e. The minimum Gasteiger partial charge on any atom is -0.478 e. The number of carboxylic acids is 1. The molecule has 0 aromatic carbocycles. The number of anilines is 2. The smallest absolute Gasteiger partial charge is 0.337 e. The molecule has 6 heteroatoms. The summed E-state index contributed by atoms with van der Waals surface area (Å²) in [5, 5.41) is 12.2. The Kier molecular flexibility index (Phi) is 3.90. The number of pyridine rings is 1. The number of likely N-dealkylation sites (N-methyl/N-ethyl adjacent to an activating group) is 1. The van der Waals surface area contributed by atoms with Crippen LogP contribution >= 0.6 is 0 Å². The standard InChI is InChI=1S/C13H20N4O2/c1-8(17(2)9-3-4-9)6-15-12-5-10(13(18)19)11(14)7-16-12/h5,7-9H,3-4,6,14H2,1-2H3,(H,15,16)(H,18,19). The molecule has 1 aromatic rings. The summed E-state index contributed by atoms with van der Waals surface area (Å²) in [5.41, 5.74) is 5.83. The third kappa shape index (κ3) is 3.35. The first-order valence-corrected chi connectivity index (χ1v) is 6.43. The maximum atomic E-state index is 11.0. The van der Waals surface area contributed by atoms with Crippen LogP contribution in [-0.4, -0.2) is 46.6 Å². The predicted octanol–water partition coefficient (Wildman–Crippen LogP) is 1.26. The van der Waals surface area contributed by atoms with Crippen LogP contribution in [0, 0.1) is 0 Å². The van der Waals surface area contributed by atoms with E-state index in [-0.39, 0.29) is 11.3 Å².